The van der Waals surface area contributed by atoms with Gasteiger partial charge in [-0.15, -0.1) is 0 Å². The summed E-state index contributed by atoms with van der Waals surface area (Å²) in [5, 5.41) is 14.8. The number of nitrogens with zero attached hydrogens (tertiary/aromatic N) is 5. The molecule has 6 nitrogen and oxygen atoms in total. The van der Waals surface area contributed by atoms with E-state index in [-0.39, 0.29) is 0 Å². The molecule has 0 fully saturated rings. The Labute approximate surface area is 218 Å². The second kappa shape index (κ2) is 9.92. The predicted molar refractivity (Wildman–Crippen MR) is 148 cm³/mol. The SMILES string of the molecule is [AsH2][C@H](CNc1nc(-c2ccncc2)c(-c2ccc3ccccc3c2)c2nncn12)Cc1ccccc1. The van der Waals surface area contributed by atoms with Crippen molar-refractivity contribution in [2.75, 3.05) is 11.9 Å². The number of aromatic nitrogens is 5. The topological polar surface area (TPSA) is 68.0 Å². The van der Waals surface area contributed by atoms with Gasteiger partial charge < -0.3 is 0 Å². The molecule has 0 bridgehead atoms. The first-order chi connectivity index (χ1) is 17.8. The third-order valence-corrected chi connectivity index (χ3v) is 7.30. The summed E-state index contributed by atoms with van der Waals surface area (Å²) in [5.41, 5.74) is 5.98. The Morgan fingerprint density at radius 2 is 1.61 bits per heavy atom. The van der Waals surface area contributed by atoms with Crippen LogP contribution < -0.4 is 5.32 Å². The van der Waals surface area contributed by atoms with E-state index in [2.05, 4.69) is 93.3 Å². The van der Waals surface area contributed by atoms with E-state index in [0.717, 1.165) is 46.9 Å². The summed E-state index contributed by atoms with van der Waals surface area (Å²) in [6, 6.07) is 29.4. The molecule has 3 aromatic heterocycles. The maximum absolute atomic E-state index is 5.13. The fourth-order valence-electron chi connectivity index (χ4n) is 4.55. The zero-order chi connectivity index (χ0) is 24.3. The van der Waals surface area contributed by atoms with Crippen molar-refractivity contribution in [3.63, 3.8) is 0 Å². The number of anilines is 1. The van der Waals surface area contributed by atoms with Crippen LogP contribution in [0.4, 0.5) is 5.95 Å². The Kier molecular flexibility index (Phi) is 6.18. The summed E-state index contributed by atoms with van der Waals surface area (Å²) in [6.45, 7) is 0.806. The van der Waals surface area contributed by atoms with Gasteiger partial charge in [-0.1, -0.05) is 6.07 Å². The van der Waals surface area contributed by atoms with Crippen LogP contribution in [-0.4, -0.2) is 48.0 Å². The Balaban J connectivity index is 1.43. The maximum atomic E-state index is 5.13. The number of nitrogens with one attached hydrogen (secondary N) is 1. The van der Waals surface area contributed by atoms with E-state index in [1.165, 1.54) is 16.3 Å². The molecule has 6 rings (SSSR count). The average molecular weight is 532 g/mol. The first-order valence-corrected chi connectivity index (χ1v) is 13.3. The van der Waals surface area contributed by atoms with Crippen molar-refractivity contribution in [3.8, 4) is 22.4 Å². The molecule has 7 heteroatoms. The van der Waals surface area contributed by atoms with Crippen LogP contribution in [0.25, 0.3) is 38.8 Å². The van der Waals surface area contributed by atoms with Crippen molar-refractivity contribution in [1.29, 1.82) is 0 Å². The van der Waals surface area contributed by atoms with Gasteiger partial charge in [0.1, 0.15) is 0 Å². The molecule has 3 heterocycles. The van der Waals surface area contributed by atoms with E-state index in [9.17, 15) is 0 Å². The Hall–Kier alpha value is -4.02. The third kappa shape index (κ3) is 4.48. The van der Waals surface area contributed by atoms with E-state index in [1.807, 2.05) is 16.5 Å². The van der Waals surface area contributed by atoms with Crippen LogP contribution >= 0.6 is 0 Å². The van der Waals surface area contributed by atoms with Crippen LogP contribution in [0.5, 0.6) is 0 Å². The van der Waals surface area contributed by atoms with Crippen LogP contribution in [0.1, 0.15) is 5.56 Å². The van der Waals surface area contributed by atoms with Crippen molar-refractivity contribution in [3.05, 3.63) is 109 Å². The summed E-state index contributed by atoms with van der Waals surface area (Å²) >= 11 is 1.72. The molecule has 0 amide bonds. The fourth-order valence-corrected chi connectivity index (χ4v) is 5.37. The minimum absolute atomic E-state index is 0.484. The van der Waals surface area contributed by atoms with E-state index in [0.29, 0.717) is 4.71 Å². The van der Waals surface area contributed by atoms with Crippen molar-refractivity contribution < 1.29 is 0 Å². The quantitative estimate of drug-likeness (QED) is 0.291. The van der Waals surface area contributed by atoms with Crippen LogP contribution in [0.3, 0.4) is 0 Å². The molecule has 0 aliphatic rings. The number of hydrogen-bond acceptors (Lipinski definition) is 5. The summed E-state index contributed by atoms with van der Waals surface area (Å²) in [6.07, 6.45) is 6.35. The number of hydrogen-bond donors (Lipinski definition) is 1. The summed E-state index contributed by atoms with van der Waals surface area (Å²) < 4.78 is 2.44. The predicted octanol–water partition coefficient (Wildman–Crippen LogP) is 5.08. The van der Waals surface area contributed by atoms with Crippen LogP contribution in [0.15, 0.2) is 104 Å². The molecule has 0 radical (unpaired) electrons. The van der Waals surface area contributed by atoms with E-state index in [1.54, 1.807) is 35.6 Å². The van der Waals surface area contributed by atoms with Gasteiger partial charge in [-0.3, -0.25) is 0 Å². The zero-order valence-corrected chi connectivity index (χ0v) is 22.0. The summed E-state index contributed by atoms with van der Waals surface area (Å²) in [5.74, 6) is 0.738. The summed E-state index contributed by atoms with van der Waals surface area (Å²) in [7, 11) is 0. The van der Waals surface area contributed by atoms with Crippen LogP contribution in [-0.2, 0) is 6.42 Å². The van der Waals surface area contributed by atoms with Gasteiger partial charge in [-0.05, 0) is 0 Å². The second-order valence-corrected chi connectivity index (χ2v) is 10.8. The van der Waals surface area contributed by atoms with E-state index < -0.39 is 0 Å². The average Bonchev–Trinajstić information content (AvgIpc) is 3.42. The minimum atomic E-state index is 0.484. The number of rotatable bonds is 7. The standard InChI is InChI=1S/C29H25AsN6/c30-25(16-20-6-2-1-3-7-20)18-32-29-34-27(22-12-14-31-15-13-22)26(28-35-33-19-36(28)29)24-11-10-21-8-4-5-9-23(21)17-24/h1-15,17,19,25H,16,18,30H2,(H,32,34)/t25-/m0/s1. The molecule has 1 N–H and O–H groups in total. The van der Waals surface area contributed by atoms with Crippen LogP contribution in [0, 0.1) is 0 Å². The van der Waals surface area contributed by atoms with E-state index in [4.69, 9.17) is 4.98 Å². The van der Waals surface area contributed by atoms with Gasteiger partial charge in [-0.2, -0.15) is 0 Å². The number of fused-ring (bicyclic) bond motifs is 2. The van der Waals surface area contributed by atoms with Gasteiger partial charge in [0.2, 0.25) is 0 Å². The Bertz CT molecular complexity index is 1630. The molecule has 0 saturated carbocycles. The third-order valence-electron chi connectivity index (χ3n) is 6.31. The van der Waals surface area contributed by atoms with E-state index >= 15 is 0 Å². The Morgan fingerprint density at radius 1 is 0.833 bits per heavy atom. The number of benzene rings is 3. The zero-order valence-electron chi connectivity index (χ0n) is 19.6. The number of pyridine rings is 1. The molecule has 2 atom stereocenters. The van der Waals surface area contributed by atoms with Gasteiger partial charge >= 0.3 is 212 Å². The van der Waals surface area contributed by atoms with Crippen molar-refractivity contribution in [2.45, 2.75) is 11.1 Å². The molecule has 36 heavy (non-hydrogen) atoms. The van der Waals surface area contributed by atoms with Gasteiger partial charge in [0.15, 0.2) is 0 Å². The molecule has 3 aromatic carbocycles. The second-order valence-electron chi connectivity index (χ2n) is 8.81. The van der Waals surface area contributed by atoms with Crippen molar-refractivity contribution in [1.82, 2.24) is 24.6 Å². The van der Waals surface area contributed by atoms with Gasteiger partial charge in [0.05, 0.1) is 0 Å². The fraction of sp³-hybridized carbons (Fsp3) is 0.103. The molecule has 176 valence electrons. The first-order valence-electron chi connectivity index (χ1n) is 11.9. The summed E-state index contributed by atoms with van der Waals surface area (Å²) in [4.78, 5) is 9.34. The van der Waals surface area contributed by atoms with Gasteiger partial charge in [0.25, 0.3) is 0 Å². The molecular weight excluding hydrogens is 507 g/mol. The molecule has 0 aliphatic carbocycles. The van der Waals surface area contributed by atoms with Crippen LogP contribution in [0.2, 0.25) is 4.71 Å². The molecule has 0 aliphatic heterocycles. The monoisotopic (exact) mass is 532 g/mol. The normalized spacial score (nSPS) is 12.1. The molecule has 1 unspecified atom stereocenters. The molecular formula is C29H25AsN6. The molecule has 0 spiro atoms. The van der Waals surface area contributed by atoms with Gasteiger partial charge in [0, 0.05) is 0 Å². The van der Waals surface area contributed by atoms with Crippen molar-refractivity contribution in [2.24, 2.45) is 0 Å². The Morgan fingerprint density at radius 3 is 2.44 bits per heavy atom. The van der Waals surface area contributed by atoms with Gasteiger partial charge in [-0.25, -0.2) is 0 Å². The molecule has 0 saturated heterocycles. The molecule has 6 aromatic rings. The van der Waals surface area contributed by atoms with Crippen molar-refractivity contribution >= 4 is 39.2 Å². The first kappa shape index (κ1) is 22.4.